The maximum absolute atomic E-state index is 10.7. The van der Waals surface area contributed by atoms with Crippen LogP contribution in [0, 0.1) is 11.3 Å². The van der Waals surface area contributed by atoms with Crippen molar-refractivity contribution in [3.8, 4) is 0 Å². The second-order valence-electron chi connectivity index (χ2n) is 4.01. The van der Waals surface area contributed by atoms with Gasteiger partial charge in [0.05, 0.1) is 0 Å². The van der Waals surface area contributed by atoms with Crippen LogP contribution in [0.5, 0.6) is 0 Å². The Morgan fingerprint density at radius 2 is 2.20 bits per heavy atom. The van der Waals surface area contributed by atoms with Gasteiger partial charge in [-0.1, -0.05) is 13.8 Å². The first kappa shape index (κ1) is 7.58. The molecule has 1 aliphatic carbocycles. The number of primary amides is 1. The van der Waals surface area contributed by atoms with E-state index < -0.39 is 0 Å². The van der Waals surface area contributed by atoms with Gasteiger partial charge in [-0.15, -0.1) is 0 Å². The van der Waals surface area contributed by atoms with E-state index in [1.807, 2.05) is 0 Å². The molecule has 0 aromatic rings. The van der Waals surface area contributed by atoms with E-state index in [9.17, 15) is 4.79 Å². The normalized spacial score (nSPS) is 30.4. The average molecular weight is 141 g/mol. The fourth-order valence-electron chi connectivity index (χ4n) is 1.68. The molecule has 0 spiro atoms. The Kier molecular flexibility index (Phi) is 1.71. The summed E-state index contributed by atoms with van der Waals surface area (Å²) in [5.41, 5.74) is 5.53. The van der Waals surface area contributed by atoms with Gasteiger partial charge in [0.2, 0.25) is 5.91 Å². The summed E-state index contributed by atoms with van der Waals surface area (Å²) in [6.07, 6.45) is 3.10. The van der Waals surface area contributed by atoms with E-state index in [1.165, 1.54) is 0 Å². The zero-order chi connectivity index (χ0) is 7.78. The molecule has 2 nitrogen and oxygen atoms in total. The average Bonchev–Trinajstić information content (AvgIpc) is 2.10. The van der Waals surface area contributed by atoms with Gasteiger partial charge in [0.1, 0.15) is 0 Å². The van der Waals surface area contributed by atoms with Gasteiger partial charge < -0.3 is 5.73 Å². The van der Waals surface area contributed by atoms with E-state index in [1.54, 1.807) is 0 Å². The van der Waals surface area contributed by atoms with Crippen LogP contribution in [-0.4, -0.2) is 5.91 Å². The van der Waals surface area contributed by atoms with Crippen molar-refractivity contribution in [3.05, 3.63) is 0 Å². The van der Waals surface area contributed by atoms with Crippen molar-refractivity contribution < 1.29 is 4.79 Å². The second kappa shape index (κ2) is 2.26. The predicted octanol–water partition coefficient (Wildman–Crippen LogP) is 1.30. The van der Waals surface area contributed by atoms with Crippen LogP contribution < -0.4 is 5.73 Å². The SMILES string of the molecule is CC1(C)CCC(C(N)=O)C1. The molecule has 1 fully saturated rings. The molecule has 0 aliphatic heterocycles. The Balaban J connectivity index is 2.51. The molecule has 0 saturated heterocycles. The summed E-state index contributed by atoms with van der Waals surface area (Å²) in [4.78, 5) is 10.7. The van der Waals surface area contributed by atoms with Gasteiger partial charge in [-0.2, -0.15) is 0 Å². The highest BCUT2D eigenvalue weighted by Crippen LogP contribution is 2.40. The minimum absolute atomic E-state index is 0.120. The highest BCUT2D eigenvalue weighted by Gasteiger charge is 2.33. The molecular formula is C8H15NO. The number of hydrogen-bond donors (Lipinski definition) is 1. The molecule has 1 amide bonds. The number of amides is 1. The van der Waals surface area contributed by atoms with Crippen molar-refractivity contribution in [2.75, 3.05) is 0 Å². The lowest BCUT2D eigenvalue weighted by Gasteiger charge is -2.15. The number of nitrogens with two attached hydrogens (primary N) is 1. The zero-order valence-corrected chi connectivity index (χ0v) is 6.68. The van der Waals surface area contributed by atoms with Gasteiger partial charge in [0.15, 0.2) is 0 Å². The fourth-order valence-corrected chi connectivity index (χ4v) is 1.68. The molecule has 1 saturated carbocycles. The highest BCUT2D eigenvalue weighted by atomic mass is 16.1. The Labute approximate surface area is 61.8 Å². The van der Waals surface area contributed by atoms with Crippen LogP contribution in [0.4, 0.5) is 0 Å². The zero-order valence-electron chi connectivity index (χ0n) is 6.68. The van der Waals surface area contributed by atoms with Crippen molar-refractivity contribution in [2.45, 2.75) is 33.1 Å². The fraction of sp³-hybridized carbons (Fsp3) is 0.875. The molecule has 0 heterocycles. The van der Waals surface area contributed by atoms with E-state index in [0.29, 0.717) is 5.41 Å². The summed E-state index contributed by atoms with van der Waals surface area (Å²) in [5, 5.41) is 0. The standard InChI is InChI=1S/C8H15NO/c1-8(2)4-3-6(5-8)7(9)10/h6H,3-5H2,1-2H3,(H2,9,10). The molecule has 0 aromatic carbocycles. The maximum atomic E-state index is 10.7. The summed E-state index contributed by atoms with van der Waals surface area (Å²) < 4.78 is 0. The highest BCUT2D eigenvalue weighted by molar-refractivity contribution is 5.76. The Hall–Kier alpha value is -0.530. The van der Waals surface area contributed by atoms with E-state index >= 15 is 0 Å². The van der Waals surface area contributed by atoms with Crippen molar-refractivity contribution in [1.82, 2.24) is 0 Å². The molecular weight excluding hydrogens is 126 g/mol. The van der Waals surface area contributed by atoms with Crippen LogP contribution in [0.1, 0.15) is 33.1 Å². The van der Waals surface area contributed by atoms with Crippen molar-refractivity contribution in [2.24, 2.45) is 17.1 Å². The summed E-state index contributed by atoms with van der Waals surface area (Å²) in [5.74, 6) is 0.0283. The van der Waals surface area contributed by atoms with Crippen LogP contribution in [0.2, 0.25) is 0 Å². The lowest BCUT2D eigenvalue weighted by atomic mass is 9.90. The van der Waals surface area contributed by atoms with E-state index in [4.69, 9.17) is 5.73 Å². The Bertz CT molecular complexity index is 151. The molecule has 1 rings (SSSR count). The molecule has 0 radical (unpaired) electrons. The lowest BCUT2D eigenvalue weighted by molar-refractivity contribution is -0.121. The van der Waals surface area contributed by atoms with Gasteiger partial charge in [-0.25, -0.2) is 0 Å². The molecule has 58 valence electrons. The molecule has 1 aliphatic rings. The van der Waals surface area contributed by atoms with Crippen molar-refractivity contribution in [3.63, 3.8) is 0 Å². The van der Waals surface area contributed by atoms with Crippen LogP contribution >= 0.6 is 0 Å². The summed E-state index contributed by atoms with van der Waals surface area (Å²) in [6.45, 7) is 4.38. The topological polar surface area (TPSA) is 43.1 Å². The first-order chi connectivity index (χ1) is 4.51. The minimum Gasteiger partial charge on any atom is -0.369 e. The van der Waals surface area contributed by atoms with Crippen LogP contribution in [0.3, 0.4) is 0 Å². The summed E-state index contributed by atoms with van der Waals surface area (Å²) in [7, 11) is 0. The van der Waals surface area contributed by atoms with E-state index in [2.05, 4.69) is 13.8 Å². The molecule has 0 bridgehead atoms. The number of carbonyl (C=O) groups is 1. The molecule has 2 N–H and O–H groups in total. The van der Waals surface area contributed by atoms with Gasteiger partial charge >= 0.3 is 0 Å². The maximum Gasteiger partial charge on any atom is 0.220 e. The molecule has 0 aromatic heterocycles. The molecule has 10 heavy (non-hydrogen) atoms. The smallest absolute Gasteiger partial charge is 0.220 e. The van der Waals surface area contributed by atoms with Crippen molar-refractivity contribution in [1.29, 1.82) is 0 Å². The molecule has 1 unspecified atom stereocenters. The van der Waals surface area contributed by atoms with Crippen molar-refractivity contribution >= 4 is 5.91 Å². The van der Waals surface area contributed by atoms with Gasteiger partial charge in [0.25, 0.3) is 0 Å². The third-order valence-electron chi connectivity index (χ3n) is 2.37. The minimum atomic E-state index is -0.120. The van der Waals surface area contributed by atoms with E-state index in [0.717, 1.165) is 19.3 Å². The lowest BCUT2D eigenvalue weighted by Crippen LogP contribution is -2.21. The Morgan fingerprint density at radius 3 is 2.40 bits per heavy atom. The first-order valence-electron chi connectivity index (χ1n) is 3.81. The number of rotatable bonds is 1. The second-order valence-corrected chi connectivity index (χ2v) is 4.01. The summed E-state index contributed by atoms with van der Waals surface area (Å²) in [6, 6.07) is 0. The van der Waals surface area contributed by atoms with Gasteiger partial charge in [0, 0.05) is 5.92 Å². The first-order valence-corrected chi connectivity index (χ1v) is 3.81. The monoisotopic (exact) mass is 141 g/mol. The van der Waals surface area contributed by atoms with Gasteiger partial charge in [-0.05, 0) is 24.7 Å². The predicted molar refractivity (Wildman–Crippen MR) is 40.3 cm³/mol. The third kappa shape index (κ3) is 1.49. The summed E-state index contributed by atoms with van der Waals surface area (Å²) >= 11 is 0. The molecule has 2 heteroatoms. The third-order valence-corrected chi connectivity index (χ3v) is 2.37. The van der Waals surface area contributed by atoms with Gasteiger partial charge in [-0.3, -0.25) is 4.79 Å². The van der Waals surface area contributed by atoms with Crippen LogP contribution in [0.25, 0.3) is 0 Å². The quantitative estimate of drug-likeness (QED) is 0.587. The van der Waals surface area contributed by atoms with Crippen LogP contribution in [-0.2, 0) is 4.79 Å². The number of carbonyl (C=O) groups excluding carboxylic acids is 1. The van der Waals surface area contributed by atoms with Crippen LogP contribution in [0.15, 0.2) is 0 Å². The van der Waals surface area contributed by atoms with E-state index in [-0.39, 0.29) is 11.8 Å². The number of hydrogen-bond acceptors (Lipinski definition) is 1. The Morgan fingerprint density at radius 1 is 1.60 bits per heavy atom. The largest absolute Gasteiger partial charge is 0.369 e. The molecule has 1 atom stereocenters.